The maximum absolute atomic E-state index is 6.45. The summed E-state index contributed by atoms with van der Waals surface area (Å²) in [6, 6.07) is 156. The van der Waals surface area contributed by atoms with E-state index in [0.29, 0.717) is 0 Å². The van der Waals surface area contributed by atoms with Crippen molar-refractivity contribution in [3.05, 3.63) is 437 Å². The SMILES string of the molecule is c1cc(-c2cccc(-c3cccc4c3oc3ccccc34)c2)cc(-c2cc3ccccc3c3ccccc23)c1.c1ccc(-c2cc3ccccc3c3ccccc23)c(-c2ccccc2-c2cccc3c2oc2ccccc23)c1.c1ccc(-c2cccc3c2oc2ccccc23)c(-c2ccc(-c3cc4ccccc4c4ccccc34)cc2)c1. The minimum atomic E-state index is 0.917. The molecule has 0 aliphatic carbocycles. The fraction of sp³-hybridized carbons (Fsp3) is 0. The van der Waals surface area contributed by atoms with E-state index in [2.05, 4.69) is 400 Å². The van der Waals surface area contributed by atoms with Gasteiger partial charge in [0.15, 0.2) is 0 Å². The molecule has 0 unspecified atom stereocenters. The van der Waals surface area contributed by atoms with Crippen LogP contribution in [0.4, 0.5) is 0 Å². The highest BCUT2D eigenvalue weighted by Gasteiger charge is 2.22. The zero-order chi connectivity index (χ0) is 77.3. The molecule has 24 aromatic rings. The minimum absolute atomic E-state index is 0.917. The second-order valence-corrected chi connectivity index (χ2v) is 30.3. The van der Waals surface area contributed by atoms with E-state index >= 15 is 0 Å². The lowest BCUT2D eigenvalue weighted by atomic mass is 9.86. The van der Waals surface area contributed by atoms with E-state index in [4.69, 9.17) is 13.3 Å². The quantitative estimate of drug-likeness (QED) is 0.135. The molecule has 3 nitrogen and oxygen atoms in total. The van der Waals surface area contributed by atoms with E-state index in [1.165, 1.54) is 143 Å². The fourth-order valence-electron chi connectivity index (χ4n) is 18.2. The first kappa shape index (κ1) is 68.4. The van der Waals surface area contributed by atoms with Crippen LogP contribution in [0.25, 0.3) is 231 Å². The molecule has 0 radical (unpaired) electrons. The molecule has 0 aliphatic heterocycles. The summed E-state index contributed by atoms with van der Waals surface area (Å²) in [5.74, 6) is 0. The largest absolute Gasteiger partial charge is 0.455 e. The molecule has 0 fully saturated rings. The van der Waals surface area contributed by atoms with Crippen LogP contribution in [0.2, 0.25) is 0 Å². The Hall–Kier alpha value is -15.4. The van der Waals surface area contributed by atoms with Gasteiger partial charge in [0.1, 0.15) is 33.5 Å². The smallest absolute Gasteiger partial charge is 0.143 e. The van der Waals surface area contributed by atoms with Crippen molar-refractivity contribution in [2.45, 2.75) is 0 Å². The number of hydrogen-bond donors (Lipinski definition) is 0. The number of furan rings is 3. The highest BCUT2D eigenvalue weighted by Crippen LogP contribution is 2.48. The summed E-state index contributed by atoms with van der Waals surface area (Å²) in [6.07, 6.45) is 0. The van der Waals surface area contributed by atoms with Gasteiger partial charge in [0, 0.05) is 49.0 Å². The van der Waals surface area contributed by atoms with Crippen molar-refractivity contribution >= 4 is 130 Å². The van der Waals surface area contributed by atoms with Gasteiger partial charge in [0.2, 0.25) is 0 Å². The molecule has 0 saturated heterocycles. The summed E-state index contributed by atoms with van der Waals surface area (Å²) in [5.41, 5.74) is 27.0. The average molecular weight is 1490 g/mol. The summed E-state index contributed by atoms with van der Waals surface area (Å²) in [7, 11) is 0. The van der Waals surface area contributed by atoms with Gasteiger partial charge < -0.3 is 13.3 Å². The summed E-state index contributed by atoms with van der Waals surface area (Å²) in [6.45, 7) is 0. The van der Waals surface area contributed by atoms with Crippen molar-refractivity contribution in [3.63, 3.8) is 0 Å². The van der Waals surface area contributed by atoms with Gasteiger partial charge in [-0.25, -0.2) is 0 Å². The van der Waals surface area contributed by atoms with Gasteiger partial charge in [-0.2, -0.15) is 0 Å². The van der Waals surface area contributed by atoms with Crippen LogP contribution < -0.4 is 0 Å². The van der Waals surface area contributed by atoms with Crippen LogP contribution in [0.3, 0.4) is 0 Å². The van der Waals surface area contributed by atoms with E-state index in [1.54, 1.807) is 0 Å². The first-order valence-electron chi connectivity index (χ1n) is 40.1. The lowest BCUT2D eigenvalue weighted by Gasteiger charge is -2.17. The Morgan fingerprint density at radius 1 is 0.111 bits per heavy atom. The predicted octanol–water partition coefficient (Wildman–Crippen LogP) is 32.7. The molecule has 3 heterocycles. The van der Waals surface area contributed by atoms with E-state index in [9.17, 15) is 0 Å². The van der Waals surface area contributed by atoms with Gasteiger partial charge in [-0.3, -0.25) is 0 Å². The van der Waals surface area contributed by atoms with Gasteiger partial charge in [-0.1, -0.05) is 388 Å². The number of para-hydroxylation sites is 6. The normalized spacial score (nSPS) is 11.6. The van der Waals surface area contributed by atoms with Crippen molar-refractivity contribution in [2.24, 2.45) is 0 Å². The van der Waals surface area contributed by atoms with Gasteiger partial charge in [0.25, 0.3) is 0 Å². The molecule has 3 aromatic heterocycles. The maximum atomic E-state index is 6.45. The Balaban J connectivity index is 0.000000106. The Bertz CT molecular complexity index is 8020. The molecule has 0 atom stereocenters. The molecular formula is C114H72O3. The third-order valence-electron chi connectivity index (χ3n) is 23.6. The van der Waals surface area contributed by atoms with Crippen LogP contribution >= 0.6 is 0 Å². The zero-order valence-corrected chi connectivity index (χ0v) is 63.8. The van der Waals surface area contributed by atoms with Crippen LogP contribution in [-0.2, 0) is 0 Å². The monoisotopic (exact) mass is 1490 g/mol. The summed E-state index contributed by atoms with van der Waals surface area (Å²) >= 11 is 0. The van der Waals surface area contributed by atoms with Crippen LogP contribution in [0.5, 0.6) is 0 Å². The second kappa shape index (κ2) is 29.0. The van der Waals surface area contributed by atoms with Crippen LogP contribution in [0.1, 0.15) is 0 Å². The first-order chi connectivity index (χ1) is 58.0. The Kier molecular flexibility index (Phi) is 16.9. The van der Waals surface area contributed by atoms with Crippen LogP contribution in [-0.4, -0.2) is 0 Å². The lowest BCUT2D eigenvalue weighted by molar-refractivity contribution is 0.669. The molecule has 0 aliphatic rings. The minimum Gasteiger partial charge on any atom is -0.455 e. The molecule has 0 saturated carbocycles. The Morgan fingerprint density at radius 3 is 0.769 bits per heavy atom. The molecule has 24 rings (SSSR count). The van der Waals surface area contributed by atoms with Crippen molar-refractivity contribution in [3.8, 4) is 100 Å². The summed E-state index contributed by atoms with van der Waals surface area (Å²) in [4.78, 5) is 0. The number of rotatable bonds is 9. The van der Waals surface area contributed by atoms with Crippen LogP contribution in [0, 0.1) is 0 Å². The topological polar surface area (TPSA) is 39.4 Å². The van der Waals surface area contributed by atoms with Crippen LogP contribution in [0.15, 0.2) is 450 Å². The molecule has 0 amide bonds. The molecular weight excluding hydrogens is 1420 g/mol. The molecule has 117 heavy (non-hydrogen) atoms. The highest BCUT2D eigenvalue weighted by molar-refractivity contribution is 6.19. The molecule has 0 N–H and O–H groups in total. The van der Waals surface area contributed by atoms with Crippen molar-refractivity contribution < 1.29 is 13.3 Å². The molecule has 546 valence electrons. The third-order valence-corrected chi connectivity index (χ3v) is 23.6. The maximum Gasteiger partial charge on any atom is 0.143 e. The average Bonchev–Trinajstić information content (AvgIpc) is 1.70. The third kappa shape index (κ3) is 12.1. The van der Waals surface area contributed by atoms with Gasteiger partial charge >= 0.3 is 0 Å². The van der Waals surface area contributed by atoms with E-state index in [1.807, 2.05) is 36.4 Å². The fourth-order valence-corrected chi connectivity index (χ4v) is 18.2. The lowest BCUT2D eigenvalue weighted by Crippen LogP contribution is -1.91. The van der Waals surface area contributed by atoms with E-state index in [0.717, 1.165) is 88.1 Å². The standard InChI is InChI=1S/3C38H24O/c1-2-13-26-25(12-1)24-36(31-18-7-3-14-27(26)31)32-19-8-5-16-29(32)28-15-4-6-17-30(28)34-21-11-22-35-33-20-9-10-23-37(33)39-38(34)35;1-2-15-30-29(10-1)24-36(33-17-4-3-16-32(30)33)28-14-8-12-26(23-28)25-11-7-13-27(22-25)31-19-9-20-35-34-18-5-6-21-37(34)39-38(31)35;1-2-12-29-27(10-1)24-36(32-15-6-5-13-30(29)32)26-22-20-25(21-23-26)28-11-3-4-14-31(28)34-17-9-18-35-33-16-7-8-19-37(33)39-38(34)35/h3*1-24H. The van der Waals surface area contributed by atoms with Gasteiger partial charge in [-0.05, 0) is 197 Å². The van der Waals surface area contributed by atoms with Crippen molar-refractivity contribution in [1.29, 1.82) is 0 Å². The zero-order valence-electron chi connectivity index (χ0n) is 63.8. The molecule has 0 bridgehead atoms. The Labute approximate surface area is 676 Å². The van der Waals surface area contributed by atoms with E-state index < -0.39 is 0 Å². The first-order valence-corrected chi connectivity index (χ1v) is 40.1. The van der Waals surface area contributed by atoms with Gasteiger partial charge in [-0.15, -0.1) is 0 Å². The van der Waals surface area contributed by atoms with E-state index in [-0.39, 0.29) is 0 Å². The second-order valence-electron chi connectivity index (χ2n) is 30.3. The summed E-state index contributed by atoms with van der Waals surface area (Å²) < 4.78 is 19.2. The van der Waals surface area contributed by atoms with Gasteiger partial charge in [0.05, 0.1) is 0 Å². The Morgan fingerprint density at radius 2 is 0.350 bits per heavy atom. The molecule has 3 heteroatoms. The number of benzene rings is 21. The van der Waals surface area contributed by atoms with Crippen molar-refractivity contribution in [2.75, 3.05) is 0 Å². The number of hydrogen-bond acceptors (Lipinski definition) is 3. The highest BCUT2D eigenvalue weighted by atomic mass is 16.3. The molecule has 21 aromatic carbocycles. The molecule has 0 spiro atoms. The number of fused-ring (bicyclic) bond motifs is 18. The van der Waals surface area contributed by atoms with Crippen molar-refractivity contribution in [1.82, 2.24) is 0 Å². The predicted molar refractivity (Wildman–Crippen MR) is 495 cm³/mol. The summed E-state index contributed by atoms with van der Waals surface area (Å²) in [5, 5.41) is 22.2.